The van der Waals surface area contributed by atoms with E-state index in [0.717, 1.165) is 3.01 Å². The van der Waals surface area contributed by atoms with Gasteiger partial charge in [0.2, 0.25) is 5.95 Å². The lowest BCUT2D eigenvalue weighted by atomic mass is 10.4. The Morgan fingerprint density at radius 3 is 2.77 bits per heavy atom. The smallest absolute Gasteiger partial charge is 0.213 e. The highest BCUT2D eigenvalue weighted by Crippen LogP contribution is 2.22. The van der Waals surface area contributed by atoms with Gasteiger partial charge in [-0.25, -0.2) is 4.98 Å². The number of pyridine rings is 1. The van der Waals surface area contributed by atoms with Crippen molar-refractivity contribution in [3.63, 3.8) is 0 Å². The van der Waals surface area contributed by atoms with Crippen LogP contribution < -0.4 is 0 Å². The molecule has 0 spiro atoms. The van der Waals surface area contributed by atoms with Crippen molar-refractivity contribution in [2.75, 3.05) is 0 Å². The van der Waals surface area contributed by atoms with Crippen LogP contribution >= 0.6 is 33.9 Å². The molecule has 0 saturated heterocycles. The molecule has 6 heteroatoms. The second kappa shape index (κ2) is 3.62. The van der Waals surface area contributed by atoms with Gasteiger partial charge in [-0.3, -0.25) is 0 Å². The van der Waals surface area contributed by atoms with Gasteiger partial charge < -0.3 is 0 Å². The first-order valence-electron chi connectivity index (χ1n) is 3.37. The van der Waals surface area contributed by atoms with Crippen LogP contribution in [0.25, 0.3) is 10.7 Å². The largest absolute Gasteiger partial charge is 0.217 e. The SMILES string of the molecule is Fc1cccc(-c2nnc(I)s2)n1. The number of hydrogen-bond acceptors (Lipinski definition) is 4. The van der Waals surface area contributed by atoms with Gasteiger partial charge in [-0.1, -0.05) is 17.4 Å². The Labute approximate surface area is 91.2 Å². The van der Waals surface area contributed by atoms with Gasteiger partial charge in [-0.2, -0.15) is 4.39 Å². The Kier molecular flexibility index (Phi) is 2.49. The summed E-state index contributed by atoms with van der Waals surface area (Å²) in [5.41, 5.74) is 0.528. The first kappa shape index (κ1) is 8.95. The molecule has 2 aromatic rings. The molecule has 0 aromatic carbocycles. The molecule has 0 aliphatic carbocycles. The Hall–Kier alpha value is -0.630. The molecule has 0 aliphatic rings. The Morgan fingerprint density at radius 2 is 2.15 bits per heavy atom. The van der Waals surface area contributed by atoms with Crippen molar-refractivity contribution in [2.45, 2.75) is 0 Å². The maximum absolute atomic E-state index is 12.7. The summed E-state index contributed by atoms with van der Waals surface area (Å²) in [6.07, 6.45) is 0. The van der Waals surface area contributed by atoms with Gasteiger partial charge in [0.15, 0.2) is 8.02 Å². The van der Waals surface area contributed by atoms with E-state index in [-0.39, 0.29) is 0 Å². The number of rotatable bonds is 1. The predicted molar refractivity (Wildman–Crippen MR) is 55.8 cm³/mol. The lowest BCUT2D eigenvalue weighted by Crippen LogP contribution is -1.85. The van der Waals surface area contributed by atoms with E-state index in [1.807, 2.05) is 0 Å². The van der Waals surface area contributed by atoms with Crippen LogP contribution in [0, 0.1) is 8.96 Å². The third-order valence-corrected chi connectivity index (χ3v) is 2.95. The molecular formula is C7H3FIN3S. The van der Waals surface area contributed by atoms with Crippen LogP contribution in [0.15, 0.2) is 18.2 Å². The fourth-order valence-corrected chi connectivity index (χ4v) is 2.11. The van der Waals surface area contributed by atoms with Crippen LogP contribution in [-0.4, -0.2) is 15.2 Å². The molecule has 2 aromatic heterocycles. The van der Waals surface area contributed by atoms with E-state index in [1.165, 1.54) is 17.4 Å². The molecule has 0 fully saturated rings. The molecule has 0 aliphatic heterocycles. The first-order chi connectivity index (χ1) is 6.25. The molecule has 0 bridgehead atoms. The summed E-state index contributed by atoms with van der Waals surface area (Å²) in [5.74, 6) is -0.497. The summed E-state index contributed by atoms with van der Waals surface area (Å²) in [6, 6.07) is 4.61. The number of aromatic nitrogens is 3. The summed E-state index contributed by atoms with van der Waals surface area (Å²) in [6.45, 7) is 0. The zero-order chi connectivity index (χ0) is 9.26. The second-order valence-corrected chi connectivity index (χ2v) is 4.94. The molecule has 0 atom stereocenters. The van der Waals surface area contributed by atoms with Gasteiger partial charge in [-0.15, -0.1) is 10.2 Å². The molecule has 66 valence electrons. The van der Waals surface area contributed by atoms with Crippen molar-refractivity contribution in [3.8, 4) is 10.7 Å². The minimum atomic E-state index is -0.497. The second-order valence-electron chi connectivity index (χ2n) is 2.21. The third-order valence-electron chi connectivity index (χ3n) is 1.33. The van der Waals surface area contributed by atoms with Crippen molar-refractivity contribution in [1.82, 2.24) is 15.2 Å². The average molecular weight is 307 g/mol. The zero-order valence-corrected chi connectivity index (χ0v) is 9.21. The zero-order valence-electron chi connectivity index (χ0n) is 6.24. The first-order valence-corrected chi connectivity index (χ1v) is 5.27. The summed E-state index contributed by atoms with van der Waals surface area (Å²) in [4.78, 5) is 3.69. The lowest BCUT2D eigenvalue weighted by molar-refractivity contribution is 0.585. The average Bonchev–Trinajstić information content (AvgIpc) is 2.52. The van der Waals surface area contributed by atoms with Crippen LogP contribution in [0.3, 0.4) is 0 Å². The Balaban J connectivity index is 2.46. The highest BCUT2D eigenvalue weighted by Gasteiger charge is 2.06. The van der Waals surface area contributed by atoms with Crippen molar-refractivity contribution in [2.24, 2.45) is 0 Å². The molecule has 0 N–H and O–H groups in total. The maximum atomic E-state index is 12.7. The van der Waals surface area contributed by atoms with Crippen LogP contribution in [0.4, 0.5) is 4.39 Å². The van der Waals surface area contributed by atoms with Crippen LogP contribution in [0.1, 0.15) is 0 Å². The molecular weight excluding hydrogens is 304 g/mol. The Bertz CT molecular complexity index is 431. The van der Waals surface area contributed by atoms with Crippen LogP contribution in [0.5, 0.6) is 0 Å². The van der Waals surface area contributed by atoms with E-state index in [4.69, 9.17) is 0 Å². The summed E-state index contributed by atoms with van der Waals surface area (Å²) in [5, 5.41) is 8.32. The fraction of sp³-hybridized carbons (Fsp3) is 0. The minimum absolute atomic E-state index is 0.497. The molecule has 2 rings (SSSR count). The van der Waals surface area contributed by atoms with Gasteiger partial charge in [0.25, 0.3) is 0 Å². The topological polar surface area (TPSA) is 38.7 Å². The normalized spacial score (nSPS) is 10.3. The molecule has 13 heavy (non-hydrogen) atoms. The van der Waals surface area contributed by atoms with Crippen LogP contribution in [0.2, 0.25) is 0 Å². The minimum Gasteiger partial charge on any atom is -0.217 e. The monoisotopic (exact) mass is 307 g/mol. The van der Waals surface area contributed by atoms with Gasteiger partial charge in [0.1, 0.15) is 5.69 Å². The fourth-order valence-electron chi connectivity index (χ4n) is 0.836. The Morgan fingerprint density at radius 1 is 1.31 bits per heavy atom. The van der Waals surface area contributed by atoms with Crippen molar-refractivity contribution in [3.05, 3.63) is 27.2 Å². The van der Waals surface area contributed by atoms with Gasteiger partial charge >= 0.3 is 0 Å². The molecule has 3 nitrogen and oxygen atoms in total. The molecule has 0 unspecified atom stereocenters. The van der Waals surface area contributed by atoms with Gasteiger partial charge in [0.05, 0.1) is 0 Å². The van der Waals surface area contributed by atoms with E-state index in [2.05, 4.69) is 37.8 Å². The lowest BCUT2D eigenvalue weighted by Gasteiger charge is -1.92. The summed E-state index contributed by atoms with van der Waals surface area (Å²) < 4.78 is 13.5. The number of halogens is 2. The number of hydrogen-bond donors (Lipinski definition) is 0. The van der Waals surface area contributed by atoms with E-state index in [0.29, 0.717) is 10.7 Å². The van der Waals surface area contributed by atoms with E-state index >= 15 is 0 Å². The van der Waals surface area contributed by atoms with Crippen molar-refractivity contribution < 1.29 is 4.39 Å². The molecule has 0 amide bonds. The van der Waals surface area contributed by atoms with Crippen molar-refractivity contribution in [1.29, 1.82) is 0 Å². The van der Waals surface area contributed by atoms with E-state index in [9.17, 15) is 4.39 Å². The van der Waals surface area contributed by atoms with Crippen LogP contribution in [-0.2, 0) is 0 Å². The molecule has 0 saturated carbocycles. The maximum Gasteiger partial charge on any atom is 0.213 e. The highest BCUT2D eigenvalue weighted by atomic mass is 127. The molecule has 2 heterocycles. The quantitative estimate of drug-likeness (QED) is 0.599. The number of nitrogens with zero attached hydrogens (tertiary/aromatic N) is 3. The van der Waals surface area contributed by atoms with Gasteiger partial charge in [0, 0.05) is 0 Å². The summed E-state index contributed by atoms with van der Waals surface area (Å²) in [7, 11) is 0. The van der Waals surface area contributed by atoms with E-state index < -0.39 is 5.95 Å². The molecule has 0 radical (unpaired) electrons. The predicted octanol–water partition coefficient (Wildman–Crippen LogP) is 2.34. The third kappa shape index (κ3) is 1.99. The van der Waals surface area contributed by atoms with Crippen molar-refractivity contribution >= 4 is 33.9 Å². The van der Waals surface area contributed by atoms with Gasteiger partial charge in [-0.05, 0) is 34.7 Å². The summed E-state index contributed by atoms with van der Waals surface area (Å²) >= 11 is 3.44. The standard InChI is InChI=1S/C7H3FIN3S/c8-5-3-1-2-4(10-5)6-11-12-7(9)13-6/h1-3H. The van der Waals surface area contributed by atoms with E-state index in [1.54, 1.807) is 12.1 Å². The highest BCUT2D eigenvalue weighted by molar-refractivity contribution is 14.1.